The number of primary sulfonamides is 1. The van der Waals surface area contributed by atoms with Crippen LogP contribution in [0.4, 0.5) is 23.1 Å². The standard InChI is InChI=1S/C22H25N5O5S/c1-30-17-11-14(12-18(31-2)20(17)32-3)25-22-24-10-9-19(27-22)26-16-8-7-13-5-4-6-15(13)21(16)33(23,28)29/h7-12H,4-6H2,1-3H3,(H2,23,28,29)(H2,24,25,26,27). The van der Waals surface area contributed by atoms with E-state index in [1.165, 1.54) is 21.3 Å². The zero-order chi connectivity index (χ0) is 23.6. The lowest BCUT2D eigenvalue weighted by Crippen LogP contribution is -2.17. The molecular formula is C22H25N5O5S. The van der Waals surface area contributed by atoms with Gasteiger partial charge in [-0.25, -0.2) is 18.5 Å². The second-order valence-electron chi connectivity index (χ2n) is 7.41. The van der Waals surface area contributed by atoms with Gasteiger partial charge in [0.2, 0.25) is 21.7 Å². The van der Waals surface area contributed by atoms with E-state index in [2.05, 4.69) is 20.6 Å². The fraction of sp³-hybridized carbons (Fsp3) is 0.273. The summed E-state index contributed by atoms with van der Waals surface area (Å²) < 4.78 is 40.8. The van der Waals surface area contributed by atoms with Crippen molar-refractivity contribution in [3.05, 3.63) is 47.7 Å². The molecule has 0 spiro atoms. The monoisotopic (exact) mass is 471 g/mol. The lowest BCUT2D eigenvalue weighted by atomic mass is 10.1. The second kappa shape index (κ2) is 9.12. The van der Waals surface area contributed by atoms with E-state index in [-0.39, 0.29) is 10.8 Å². The Morgan fingerprint density at radius 2 is 1.70 bits per heavy atom. The largest absolute Gasteiger partial charge is 0.493 e. The maximum Gasteiger partial charge on any atom is 0.240 e. The average Bonchev–Trinajstić information content (AvgIpc) is 3.26. The number of nitrogens with zero attached hydrogens (tertiary/aromatic N) is 2. The topological polar surface area (TPSA) is 138 Å². The third kappa shape index (κ3) is 4.64. The van der Waals surface area contributed by atoms with Crippen LogP contribution < -0.4 is 30.0 Å². The van der Waals surface area contributed by atoms with Gasteiger partial charge >= 0.3 is 0 Å². The van der Waals surface area contributed by atoms with Crippen molar-refractivity contribution < 1.29 is 22.6 Å². The van der Waals surface area contributed by atoms with E-state index < -0.39 is 10.0 Å². The predicted octanol–water partition coefficient (Wildman–Crippen LogP) is 3.13. The summed E-state index contributed by atoms with van der Waals surface area (Å²) in [6.07, 6.45) is 3.97. The van der Waals surface area contributed by atoms with E-state index in [1.807, 2.05) is 6.07 Å². The Labute approximate surface area is 192 Å². The molecule has 0 fully saturated rings. The number of nitrogens with two attached hydrogens (primary N) is 1. The number of ether oxygens (including phenoxy) is 3. The molecule has 2 aromatic carbocycles. The third-order valence-corrected chi connectivity index (χ3v) is 6.39. The molecule has 0 radical (unpaired) electrons. The molecule has 1 heterocycles. The molecule has 0 atom stereocenters. The fourth-order valence-electron chi connectivity index (χ4n) is 3.96. The Morgan fingerprint density at radius 3 is 2.33 bits per heavy atom. The van der Waals surface area contributed by atoms with Crippen LogP contribution in [-0.2, 0) is 22.9 Å². The van der Waals surface area contributed by atoms with Gasteiger partial charge in [-0.05, 0) is 42.5 Å². The van der Waals surface area contributed by atoms with Gasteiger partial charge < -0.3 is 24.8 Å². The molecule has 10 nitrogen and oxygen atoms in total. The first-order valence-corrected chi connectivity index (χ1v) is 11.7. The first kappa shape index (κ1) is 22.6. The van der Waals surface area contributed by atoms with Gasteiger partial charge in [0.25, 0.3) is 0 Å². The first-order valence-electron chi connectivity index (χ1n) is 10.2. The zero-order valence-corrected chi connectivity index (χ0v) is 19.3. The van der Waals surface area contributed by atoms with E-state index in [9.17, 15) is 8.42 Å². The number of sulfonamides is 1. The number of fused-ring (bicyclic) bond motifs is 1. The van der Waals surface area contributed by atoms with Crippen LogP contribution in [0.2, 0.25) is 0 Å². The highest BCUT2D eigenvalue weighted by Crippen LogP contribution is 2.40. The number of aryl methyl sites for hydroxylation is 1. The molecular weight excluding hydrogens is 446 g/mol. The van der Waals surface area contributed by atoms with E-state index in [0.717, 1.165) is 24.0 Å². The smallest absolute Gasteiger partial charge is 0.240 e. The Balaban J connectivity index is 1.64. The fourth-order valence-corrected chi connectivity index (χ4v) is 4.97. The molecule has 3 aromatic rings. The van der Waals surface area contributed by atoms with Crippen LogP contribution in [0, 0.1) is 0 Å². The van der Waals surface area contributed by atoms with Crippen molar-refractivity contribution in [2.75, 3.05) is 32.0 Å². The molecule has 1 aromatic heterocycles. The Hall–Kier alpha value is -3.57. The van der Waals surface area contributed by atoms with Crippen molar-refractivity contribution in [1.29, 1.82) is 0 Å². The highest BCUT2D eigenvalue weighted by molar-refractivity contribution is 7.89. The summed E-state index contributed by atoms with van der Waals surface area (Å²) in [6.45, 7) is 0. The summed E-state index contributed by atoms with van der Waals surface area (Å²) >= 11 is 0. The molecule has 33 heavy (non-hydrogen) atoms. The quantitative estimate of drug-likeness (QED) is 0.452. The number of benzene rings is 2. The summed E-state index contributed by atoms with van der Waals surface area (Å²) in [4.78, 5) is 8.81. The van der Waals surface area contributed by atoms with Crippen molar-refractivity contribution >= 4 is 33.2 Å². The normalized spacial score (nSPS) is 12.7. The van der Waals surface area contributed by atoms with Crippen molar-refractivity contribution in [1.82, 2.24) is 9.97 Å². The number of hydrogen-bond donors (Lipinski definition) is 3. The molecule has 0 aliphatic heterocycles. The summed E-state index contributed by atoms with van der Waals surface area (Å²) in [5.41, 5.74) is 2.78. The van der Waals surface area contributed by atoms with Crippen LogP contribution in [0.1, 0.15) is 17.5 Å². The SMILES string of the molecule is COc1cc(Nc2nccc(Nc3ccc4c(c3S(N)(=O)=O)CCC4)n2)cc(OC)c1OC. The minimum Gasteiger partial charge on any atom is -0.493 e. The van der Waals surface area contributed by atoms with Gasteiger partial charge in [-0.2, -0.15) is 4.98 Å². The number of methoxy groups -OCH3 is 3. The predicted molar refractivity (Wildman–Crippen MR) is 125 cm³/mol. The Bertz CT molecular complexity index is 1270. The number of hydrogen-bond acceptors (Lipinski definition) is 9. The van der Waals surface area contributed by atoms with Crippen LogP contribution in [-0.4, -0.2) is 39.7 Å². The van der Waals surface area contributed by atoms with Crippen molar-refractivity contribution in [2.24, 2.45) is 5.14 Å². The van der Waals surface area contributed by atoms with Crippen LogP contribution in [0.15, 0.2) is 41.4 Å². The molecule has 1 aliphatic carbocycles. The summed E-state index contributed by atoms with van der Waals surface area (Å²) in [5.74, 6) is 2.11. The average molecular weight is 472 g/mol. The molecule has 0 saturated carbocycles. The lowest BCUT2D eigenvalue weighted by Gasteiger charge is -2.16. The maximum absolute atomic E-state index is 12.3. The minimum absolute atomic E-state index is 0.121. The number of rotatable bonds is 8. The van der Waals surface area contributed by atoms with Crippen LogP contribution in [0.25, 0.3) is 0 Å². The lowest BCUT2D eigenvalue weighted by molar-refractivity contribution is 0.324. The Kier molecular flexibility index (Phi) is 6.25. The van der Waals surface area contributed by atoms with Gasteiger partial charge in [0.1, 0.15) is 10.7 Å². The van der Waals surface area contributed by atoms with Crippen LogP contribution in [0.5, 0.6) is 17.2 Å². The van der Waals surface area contributed by atoms with Crippen molar-refractivity contribution in [3.63, 3.8) is 0 Å². The minimum atomic E-state index is -3.92. The van der Waals surface area contributed by atoms with Gasteiger partial charge in [-0.3, -0.25) is 0 Å². The van der Waals surface area contributed by atoms with Gasteiger partial charge in [0.05, 0.1) is 27.0 Å². The van der Waals surface area contributed by atoms with Gasteiger partial charge in [-0.1, -0.05) is 6.07 Å². The molecule has 1 aliphatic rings. The van der Waals surface area contributed by atoms with Crippen LogP contribution in [0.3, 0.4) is 0 Å². The zero-order valence-electron chi connectivity index (χ0n) is 18.5. The summed E-state index contributed by atoms with van der Waals surface area (Å²) in [7, 11) is 0.667. The van der Waals surface area contributed by atoms with Gasteiger partial charge in [-0.15, -0.1) is 0 Å². The summed E-state index contributed by atoms with van der Waals surface area (Å²) in [6, 6.07) is 8.74. The molecule has 0 unspecified atom stereocenters. The van der Waals surface area contributed by atoms with E-state index in [4.69, 9.17) is 19.3 Å². The second-order valence-corrected chi connectivity index (χ2v) is 8.91. The highest BCUT2D eigenvalue weighted by Gasteiger charge is 2.25. The highest BCUT2D eigenvalue weighted by atomic mass is 32.2. The number of nitrogens with one attached hydrogen (secondary N) is 2. The molecule has 0 bridgehead atoms. The van der Waals surface area contributed by atoms with E-state index in [1.54, 1.807) is 30.5 Å². The van der Waals surface area contributed by atoms with Gasteiger partial charge in [0.15, 0.2) is 11.5 Å². The van der Waals surface area contributed by atoms with Gasteiger partial charge in [0, 0.05) is 24.0 Å². The maximum atomic E-state index is 12.3. The third-order valence-electron chi connectivity index (χ3n) is 5.35. The molecule has 174 valence electrons. The van der Waals surface area contributed by atoms with E-state index >= 15 is 0 Å². The Morgan fingerprint density at radius 1 is 0.970 bits per heavy atom. The molecule has 4 N–H and O–H groups in total. The van der Waals surface area contributed by atoms with Crippen molar-refractivity contribution in [3.8, 4) is 17.2 Å². The number of aromatic nitrogens is 2. The van der Waals surface area contributed by atoms with E-state index in [0.29, 0.717) is 40.9 Å². The first-order chi connectivity index (χ1) is 15.8. The van der Waals surface area contributed by atoms with Crippen LogP contribution >= 0.6 is 0 Å². The molecule has 11 heteroatoms. The van der Waals surface area contributed by atoms with Crippen molar-refractivity contribution in [2.45, 2.75) is 24.2 Å². The summed E-state index contributed by atoms with van der Waals surface area (Å²) in [5, 5.41) is 11.7. The molecule has 0 amide bonds. The number of anilines is 4. The molecule has 0 saturated heterocycles. The molecule has 4 rings (SSSR count).